The summed E-state index contributed by atoms with van der Waals surface area (Å²) in [6.07, 6.45) is 7.73. The Labute approximate surface area is 135 Å². The molecule has 0 amide bonds. The number of hydrogen-bond donors (Lipinski definition) is 0. The normalized spacial score (nSPS) is 65.5. The molecule has 0 aromatic carbocycles. The molecule has 0 radical (unpaired) electrons. The molecule has 1 heteroatoms. The number of hydrogen-bond acceptors (Lipinski definition) is 1. The Morgan fingerprint density at radius 3 is 1.45 bits per heavy atom. The maximum Gasteiger partial charge on any atom is 0.145 e. The van der Waals surface area contributed by atoms with E-state index in [1.54, 1.807) is 0 Å². The Kier molecular flexibility index (Phi) is 2.56. The summed E-state index contributed by atoms with van der Waals surface area (Å²) in [6.45, 7) is 9.78. The van der Waals surface area contributed by atoms with Crippen molar-refractivity contribution < 1.29 is 4.79 Å². The van der Waals surface area contributed by atoms with Crippen LogP contribution in [0.3, 0.4) is 0 Å². The van der Waals surface area contributed by atoms with Gasteiger partial charge in [0.2, 0.25) is 0 Å². The molecule has 10 atom stereocenters. The zero-order chi connectivity index (χ0) is 15.4. The average Bonchev–Trinajstić information content (AvgIpc) is 3.25. The summed E-state index contributed by atoms with van der Waals surface area (Å²) in [5, 5.41) is 0. The SMILES string of the molecule is CC1C2CC(C1C)C1(CCC3(CC4C[C@@H]3C(C)C4C)C1=O)C2. The fraction of sp³-hybridized carbons (Fsp3) is 0.952. The second kappa shape index (κ2) is 4.01. The molecule has 5 rings (SSSR count). The van der Waals surface area contributed by atoms with Gasteiger partial charge in [-0.3, -0.25) is 4.79 Å². The quantitative estimate of drug-likeness (QED) is 0.619. The summed E-state index contributed by atoms with van der Waals surface area (Å²) in [7, 11) is 0. The van der Waals surface area contributed by atoms with Crippen molar-refractivity contribution >= 4 is 5.78 Å². The molecule has 5 saturated carbocycles. The molecular weight excluding hydrogens is 268 g/mol. The van der Waals surface area contributed by atoms with Crippen molar-refractivity contribution in [1.29, 1.82) is 0 Å². The third-order valence-electron chi connectivity index (χ3n) is 10.1. The maximum absolute atomic E-state index is 13.8. The van der Waals surface area contributed by atoms with Crippen LogP contribution in [0.4, 0.5) is 0 Å². The van der Waals surface area contributed by atoms with E-state index in [2.05, 4.69) is 27.7 Å². The number of Topliss-reactive ketones (excluding diaryl/α,β-unsaturated/α-hetero) is 1. The zero-order valence-electron chi connectivity index (χ0n) is 14.8. The van der Waals surface area contributed by atoms with E-state index in [0.717, 1.165) is 53.1 Å². The van der Waals surface area contributed by atoms with E-state index in [1.807, 2.05) is 0 Å². The van der Waals surface area contributed by atoms with Crippen LogP contribution in [0.25, 0.3) is 0 Å². The Bertz CT molecular complexity index is 488. The molecule has 22 heavy (non-hydrogen) atoms. The van der Waals surface area contributed by atoms with E-state index in [4.69, 9.17) is 0 Å². The topological polar surface area (TPSA) is 17.1 Å². The van der Waals surface area contributed by atoms with E-state index in [0.29, 0.717) is 0 Å². The van der Waals surface area contributed by atoms with Crippen LogP contribution >= 0.6 is 0 Å². The minimum Gasteiger partial charge on any atom is -0.298 e. The predicted molar refractivity (Wildman–Crippen MR) is 88.2 cm³/mol. The monoisotopic (exact) mass is 300 g/mol. The highest BCUT2D eigenvalue weighted by atomic mass is 16.1. The molecule has 4 bridgehead atoms. The first-order valence-electron chi connectivity index (χ1n) is 9.95. The largest absolute Gasteiger partial charge is 0.298 e. The van der Waals surface area contributed by atoms with Crippen LogP contribution in [0.5, 0.6) is 0 Å². The molecule has 5 fully saturated rings. The van der Waals surface area contributed by atoms with Crippen LogP contribution in [0.15, 0.2) is 0 Å². The van der Waals surface area contributed by atoms with Crippen molar-refractivity contribution in [3.63, 3.8) is 0 Å². The van der Waals surface area contributed by atoms with E-state index in [1.165, 1.54) is 38.5 Å². The number of rotatable bonds is 0. The first-order valence-corrected chi connectivity index (χ1v) is 9.95. The minimum atomic E-state index is 0.129. The van der Waals surface area contributed by atoms with Crippen molar-refractivity contribution in [3.8, 4) is 0 Å². The molecule has 5 aliphatic rings. The van der Waals surface area contributed by atoms with Gasteiger partial charge in [0.05, 0.1) is 0 Å². The van der Waals surface area contributed by atoms with Crippen LogP contribution in [0.1, 0.15) is 66.2 Å². The van der Waals surface area contributed by atoms with Crippen molar-refractivity contribution in [1.82, 2.24) is 0 Å². The predicted octanol–water partition coefficient (Wildman–Crippen LogP) is 4.95. The van der Waals surface area contributed by atoms with Gasteiger partial charge in [-0.05, 0) is 85.9 Å². The summed E-state index contributed by atoms with van der Waals surface area (Å²) in [5.41, 5.74) is 0.258. The van der Waals surface area contributed by atoms with Gasteiger partial charge in [-0.25, -0.2) is 0 Å². The van der Waals surface area contributed by atoms with Crippen molar-refractivity contribution in [3.05, 3.63) is 0 Å². The zero-order valence-corrected chi connectivity index (χ0v) is 14.8. The lowest BCUT2D eigenvalue weighted by Gasteiger charge is -2.44. The molecule has 0 heterocycles. The standard InChI is InChI=1S/C21H32O/c1-11-13(3)17-7-15(11)9-20(17)5-6-21(19(20)22)10-16-8-18(21)14(4)12(16)2/h11-18H,5-10H2,1-4H3/t11?,12?,13?,14?,15?,16?,17-,18?,20?,21?/m1/s1. The molecule has 0 aromatic heterocycles. The molecule has 0 aliphatic heterocycles. The van der Waals surface area contributed by atoms with Crippen LogP contribution in [-0.4, -0.2) is 5.78 Å². The first kappa shape index (κ1) is 14.1. The van der Waals surface area contributed by atoms with E-state index < -0.39 is 0 Å². The highest BCUT2D eigenvalue weighted by Crippen LogP contribution is 2.74. The van der Waals surface area contributed by atoms with E-state index in [9.17, 15) is 4.79 Å². The fourth-order valence-electron chi connectivity index (χ4n) is 8.60. The molecule has 1 nitrogen and oxygen atoms in total. The van der Waals surface area contributed by atoms with Crippen LogP contribution < -0.4 is 0 Å². The van der Waals surface area contributed by atoms with Gasteiger partial charge in [0.15, 0.2) is 0 Å². The van der Waals surface area contributed by atoms with Gasteiger partial charge in [0.25, 0.3) is 0 Å². The third-order valence-corrected chi connectivity index (χ3v) is 10.1. The fourth-order valence-corrected chi connectivity index (χ4v) is 8.60. The lowest BCUT2D eigenvalue weighted by Crippen LogP contribution is -2.46. The highest BCUT2D eigenvalue weighted by Gasteiger charge is 2.71. The Balaban J connectivity index is 1.51. The summed E-state index contributed by atoms with van der Waals surface area (Å²) < 4.78 is 0. The van der Waals surface area contributed by atoms with E-state index >= 15 is 0 Å². The van der Waals surface area contributed by atoms with Gasteiger partial charge in [-0.1, -0.05) is 27.7 Å². The molecule has 0 saturated heterocycles. The summed E-state index contributed by atoms with van der Waals surface area (Å²) in [6, 6.07) is 0. The molecule has 5 aliphatic carbocycles. The molecule has 9 unspecified atom stereocenters. The first-order chi connectivity index (χ1) is 10.4. The summed E-state index contributed by atoms with van der Waals surface area (Å²) >= 11 is 0. The van der Waals surface area contributed by atoms with Gasteiger partial charge >= 0.3 is 0 Å². The van der Waals surface area contributed by atoms with Gasteiger partial charge in [-0.15, -0.1) is 0 Å². The van der Waals surface area contributed by atoms with Crippen LogP contribution in [0.2, 0.25) is 0 Å². The number of ketones is 1. The summed E-state index contributed by atoms with van der Waals surface area (Å²) in [5.74, 6) is 7.23. The number of carbonyl (C=O) groups excluding carboxylic acids is 1. The Morgan fingerprint density at radius 1 is 0.727 bits per heavy atom. The third kappa shape index (κ3) is 1.30. The average molecular weight is 300 g/mol. The van der Waals surface area contributed by atoms with Crippen molar-refractivity contribution in [2.45, 2.75) is 66.2 Å². The van der Waals surface area contributed by atoms with E-state index in [-0.39, 0.29) is 10.8 Å². The molecule has 0 aromatic rings. The van der Waals surface area contributed by atoms with Gasteiger partial charge in [0.1, 0.15) is 5.78 Å². The van der Waals surface area contributed by atoms with Crippen LogP contribution in [0, 0.1) is 58.2 Å². The Hall–Kier alpha value is -0.330. The molecular formula is C21H32O. The lowest BCUT2D eigenvalue weighted by atomic mass is 9.59. The number of fused-ring (bicyclic) bond motifs is 6. The highest BCUT2D eigenvalue weighted by molar-refractivity contribution is 5.94. The lowest BCUT2D eigenvalue weighted by molar-refractivity contribution is -0.142. The second-order valence-corrected chi connectivity index (χ2v) is 10.2. The van der Waals surface area contributed by atoms with Crippen molar-refractivity contribution in [2.75, 3.05) is 0 Å². The van der Waals surface area contributed by atoms with Gasteiger partial charge in [-0.2, -0.15) is 0 Å². The smallest absolute Gasteiger partial charge is 0.145 e. The maximum atomic E-state index is 13.8. The van der Waals surface area contributed by atoms with Gasteiger partial charge < -0.3 is 0 Å². The molecule has 122 valence electrons. The summed E-state index contributed by atoms with van der Waals surface area (Å²) in [4.78, 5) is 13.8. The molecule has 0 N–H and O–H groups in total. The Morgan fingerprint density at radius 2 is 1.14 bits per heavy atom. The van der Waals surface area contributed by atoms with Crippen molar-refractivity contribution in [2.24, 2.45) is 58.2 Å². The second-order valence-electron chi connectivity index (χ2n) is 10.2. The minimum absolute atomic E-state index is 0.129. The molecule has 2 spiro atoms. The van der Waals surface area contributed by atoms with Gasteiger partial charge in [0, 0.05) is 10.8 Å². The number of carbonyl (C=O) groups is 1. The van der Waals surface area contributed by atoms with Crippen LogP contribution in [-0.2, 0) is 4.79 Å².